The van der Waals surface area contributed by atoms with Crippen LogP contribution in [0.3, 0.4) is 0 Å². The van der Waals surface area contributed by atoms with Crippen molar-refractivity contribution in [2.75, 3.05) is 6.61 Å². The molecule has 0 fully saturated rings. The number of hydrogen-bond acceptors (Lipinski definition) is 6. The molecule has 0 saturated carbocycles. The maximum atomic E-state index is 11.7. The zero-order valence-electron chi connectivity index (χ0n) is 8.88. The zero-order chi connectivity index (χ0) is 12.3. The van der Waals surface area contributed by atoms with Crippen molar-refractivity contribution >= 4 is 28.9 Å². The molecule has 2 rings (SSSR count). The molecule has 0 radical (unpaired) electrons. The molecule has 17 heavy (non-hydrogen) atoms. The Labute approximate surface area is 106 Å². The highest BCUT2D eigenvalue weighted by atomic mass is 35.5. The molecule has 5 nitrogen and oxygen atoms in total. The highest BCUT2D eigenvalue weighted by molar-refractivity contribution is 7.17. The minimum absolute atomic E-state index is 0.279. The van der Waals surface area contributed by atoms with Crippen molar-refractivity contribution in [1.82, 2.24) is 15.0 Å². The maximum Gasteiger partial charge on any atom is 0.350 e. The van der Waals surface area contributed by atoms with Crippen LogP contribution in [0.1, 0.15) is 16.6 Å². The van der Waals surface area contributed by atoms with E-state index in [1.165, 1.54) is 6.33 Å². The third-order valence-corrected chi connectivity index (χ3v) is 3.03. The second kappa shape index (κ2) is 5.20. The number of carbonyl (C=O) groups is 1. The molecular formula is C10H8ClN3O2S. The molecule has 0 amide bonds. The number of nitrogens with zero attached hydrogens (tertiary/aromatic N) is 3. The standard InChI is InChI=1S/C10H8ClN3O2S/c1-2-16-9(15)8-7(14-10(11)17-8)6-3-4-12-5-13-6/h3-5H,2H2,1H3. The summed E-state index contributed by atoms with van der Waals surface area (Å²) in [5.41, 5.74) is 0.979. The molecule has 0 aliphatic heterocycles. The lowest BCUT2D eigenvalue weighted by molar-refractivity contribution is 0.0532. The van der Waals surface area contributed by atoms with Crippen molar-refractivity contribution in [3.63, 3.8) is 0 Å². The van der Waals surface area contributed by atoms with Gasteiger partial charge in [0.15, 0.2) is 4.47 Å². The van der Waals surface area contributed by atoms with E-state index < -0.39 is 5.97 Å². The Morgan fingerprint density at radius 2 is 2.41 bits per heavy atom. The fourth-order valence-corrected chi connectivity index (χ4v) is 2.24. The first-order valence-electron chi connectivity index (χ1n) is 4.82. The Bertz CT molecular complexity index is 530. The molecule has 0 aromatic carbocycles. The normalized spacial score (nSPS) is 10.2. The molecule has 0 aliphatic rings. The van der Waals surface area contributed by atoms with E-state index in [-0.39, 0.29) is 4.47 Å². The van der Waals surface area contributed by atoms with Crippen molar-refractivity contribution in [2.45, 2.75) is 6.92 Å². The molecule has 0 bridgehead atoms. The molecule has 2 aromatic heterocycles. The van der Waals surface area contributed by atoms with Gasteiger partial charge >= 0.3 is 5.97 Å². The molecule has 0 saturated heterocycles. The van der Waals surface area contributed by atoms with Gasteiger partial charge in [-0.15, -0.1) is 0 Å². The smallest absolute Gasteiger partial charge is 0.350 e. The van der Waals surface area contributed by atoms with Crippen LogP contribution in [0.5, 0.6) is 0 Å². The lowest BCUT2D eigenvalue weighted by Gasteiger charge is -2.00. The van der Waals surface area contributed by atoms with E-state index >= 15 is 0 Å². The van der Waals surface area contributed by atoms with Crippen LogP contribution in [0.15, 0.2) is 18.6 Å². The number of ether oxygens (including phenoxy) is 1. The zero-order valence-corrected chi connectivity index (χ0v) is 10.5. The maximum absolute atomic E-state index is 11.7. The van der Waals surface area contributed by atoms with Gasteiger partial charge in [0.2, 0.25) is 0 Å². The highest BCUT2D eigenvalue weighted by Crippen LogP contribution is 2.30. The Hall–Kier alpha value is -1.53. The van der Waals surface area contributed by atoms with E-state index in [9.17, 15) is 4.79 Å². The molecular weight excluding hydrogens is 262 g/mol. The van der Waals surface area contributed by atoms with Crippen molar-refractivity contribution in [1.29, 1.82) is 0 Å². The average Bonchev–Trinajstić information content (AvgIpc) is 2.73. The van der Waals surface area contributed by atoms with Crippen LogP contribution in [0.25, 0.3) is 11.4 Å². The minimum atomic E-state index is -0.439. The summed E-state index contributed by atoms with van der Waals surface area (Å²) in [6, 6.07) is 1.66. The van der Waals surface area contributed by atoms with E-state index in [0.717, 1.165) is 11.3 Å². The van der Waals surface area contributed by atoms with Gasteiger partial charge in [-0.1, -0.05) is 22.9 Å². The number of thiazole rings is 1. The van der Waals surface area contributed by atoms with Gasteiger partial charge in [-0.05, 0) is 13.0 Å². The van der Waals surface area contributed by atoms with Gasteiger partial charge < -0.3 is 4.74 Å². The highest BCUT2D eigenvalue weighted by Gasteiger charge is 2.20. The monoisotopic (exact) mass is 269 g/mol. The molecule has 0 N–H and O–H groups in total. The lowest BCUT2D eigenvalue weighted by Crippen LogP contribution is -2.04. The van der Waals surface area contributed by atoms with Gasteiger partial charge in [-0.25, -0.2) is 19.7 Å². The van der Waals surface area contributed by atoms with Gasteiger partial charge in [0.05, 0.1) is 12.3 Å². The van der Waals surface area contributed by atoms with Crippen molar-refractivity contribution < 1.29 is 9.53 Å². The molecule has 7 heteroatoms. The van der Waals surface area contributed by atoms with Crippen LogP contribution in [0, 0.1) is 0 Å². The molecule has 0 atom stereocenters. The first kappa shape index (κ1) is 11.9. The van der Waals surface area contributed by atoms with Gasteiger partial charge in [0.25, 0.3) is 0 Å². The largest absolute Gasteiger partial charge is 0.462 e. The molecule has 0 aliphatic carbocycles. The van der Waals surface area contributed by atoms with Gasteiger partial charge in [0, 0.05) is 6.20 Å². The van der Waals surface area contributed by atoms with E-state index in [4.69, 9.17) is 16.3 Å². The third kappa shape index (κ3) is 2.59. The predicted octanol–water partition coefficient (Wildman–Crippen LogP) is 2.43. The van der Waals surface area contributed by atoms with Crippen molar-refractivity contribution in [3.8, 4) is 11.4 Å². The molecule has 0 unspecified atom stereocenters. The Morgan fingerprint density at radius 3 is 3.06 bits per heavy atom. The topological polar surface area (TPSA) is 65.0 Å². The number of rotatable bonds is 3. The van der Waals surface area contributed by atoms with Crippen LogP contribution in [0.4, 0.5) is 0 Å². The molecule has 88 valence electrons. The minimum Gasteiger partial charge on any atom is -0.462 e. The number of hydrogen-bond donors (Lipinski definition) is 0. The quantitative estimate of drug-likeness (QED) is 0.801. The van der Waals surface area contributed by atoms with Gasteiger partial charge in [-0.3, -0.25) is 0 Å². The summed E-state index contributed by atoms with van der Waals surface area (Å²) in [6.45, 7) is 2.04. The van der Waals surface area contributed by atoms with Gasteiger partial charge in [0.1, 0.15) is 16.9 Å². The third-order valence-electron chi connectivity index (χ3n) is 1.89. The summed E-state index contributed by atoms with van der Waals surface area (Å²) in [4.78, 5) is 24.0. The number of esters is 1. The van der Waals surface area contributed by atoms with Crippen LogP contribution < -0.4 is 0 Å². The van der Waals surface area contributed by atoms with Crippen molar-refractivity contribution in [2.24, 2.45) is 0 Å². The number of aromatic nitrogens is 3. The lowest BCUT2D eigenvalue weighted by atomic mass is 10.2. The SMILES string of the molecule is CCOC(=O)c1sc(Cl)nc1-c1ccncn1. The summed E-state index contributed by atoms with van der Waals surface area (Å²) in [6.07, 6.45) is 2.96. The number of halogens is 1. The Morgan fingerprint density at radius 1 is 1.59 bits per heavy atom. The average molecular weight is 270 g/mol. The predicted molar refractivity (Wildman–Crippen MR) is 64.1 cm³/mol. The second-order valence-corrected chi connectivity index (χ2v) is 4.54. The van der Waals surface area contributed by atoms with E-state index in [2.05, 4.69) is 15.0 Å². The Kier molecular flexibility index (Phi) is 3.65. The summed E-state index contributed by atoms with van der Waals surface area (Å²) >= 11 is 6.89. The summed E-state index contributed by atoms with van der Waals surface area (Å²) in [7, 11) is 0. The second-order valence-electron chi connectivity index (χ2n) is 2.96. The van der Waals surface area contributed by atoms with E-state index in [1.807, 2.05) is 0 Å². The summed E-state index contributed by atoms with van der Waals surface area (Å²) in [5, 5.41) is 0. The fourth-order valence-electron chi connectivity index (χ4n) is 1.23. The first-order chi connectivity index (χ1) is 8.22. The van der Waals surface area contributed by atoms with Crippen LogP contribution in [-0.2, 0) is 4.74 Å². The fraction of sp³-hybridized carbons (Fsp3) is 0.200. The van der Waals surface area contributed by atoms with Crippen molar-refractivity contribution in [3.05, 3.63) is 27.9 Å². The van der Waals surface area contributed by atoms with E-state index in [1.54, 1.807) is 19.2 Å². The van der Waals surface area contributed by atoms with E-state index in [0.29, 0.717) is 22.9 Å². The van der Waals surface area contributed by atoms with Crippen LogP contribution in [-0.4, -0.2) is 27.5 Å². The summed E-state index contributed by atoms with van der Waals surface area (Å²) in [5.74, 6) is -0.439. The molecule has 2 aromatic rings. The molecule has 0 spiro atoms. The van der Waals surface area contributed by atoms with Gasteiger partial charge in [-0.2, -0.15) is 0 Å². The van der Waals surface area contributed by atoms with Crippen LogP contribution >= 0.6 is 22.9 Å². The Balaban J connectivity index is 2.44. The van der Waals surface area contributed by atoms with Crippen LogP contribution in [0.2, 0.25) is 4.47 Å². The number of carbonyl (C=O) groups excluding carboxylic acids is 1. The summed E-state index contributed by atoms with van der Waals surface area (Å²) < 4.78 is 5.21. The first-order valence-corrected chi connectivity index (χ1v) is 6.01. The molecule has 2 heterocycles.